The van der Waals surface area contributed by atoms with Gasteiger partial charge >= 0.3 is 12.0 Å². The molecule has 1 unspecified atom stereocenters. The summed E-state index contributed by atoms with van der Waals surface area (Å²) < 4.78 is 0. The number of nitrogens with zero attached hydrogens (tertiary/aromatic N) is 2. The summed E-state index contributed by atoms with van der Waals surface area (Å²) in [5, 5.41) is 11.4. The van der Waals surface area contributed by atoms with Gasteiger partial charge in [-0.2, -0.15) is 0 Å². The highest BCUT2D eigenvalue weighted by Gasteiger charge is 2.38. The van der Waals surface area contributed by atoms with Crippen molar-refractivity contribution in [2.75, 3.05) is 20.1 Å². The molecule has 0 aromatic rings. The lowest BCUT2D eigenvalue weighted by Crippen LogP contribution is -2.55. The normalized spacial score (nSPS) is 18.5. The number of likely N-dealkylation sites (N-methyl/N-ethyl adjacent to an activating group) is 1. The monoisotopic (exact) mass is 299 g/mol. The van der Waals surface area contributed by atoms with E-state index in [1.807, 2.05) is 20.8 Å². The maximum absolute atomic E-state index is 12.7. The fourth-order valence-corrected chi connectivity index (χ4v) is 2.52. The first-order chi connectivity index (χ1) is 9.68. The van der Waals surface area contributed by atoms with Gasteiger partial charge in [-0.3, -0.25) is 9.59 Å². The molecule has 120 valence electrons. The Hall–Kier alpha value is -1.79. The molecule has 2 N–H and O–H groups in total. The van der Waals surface area contributed by atoms with Gasteiger partial charge in [-0.25, -0.2) is 4.79 Å². The first-order valence-electron chi connectivity index (χ1n) is 7.20. The highest BCUT2D eigenvalue weighted by Crippen LogP contribution is 2.23. The maximum atomic E-state index is 12.7. The van der Waals surface area contributed by atoms with Crippen LogP contribution in [0.4, 0.5) is 4.79 Å². The highest BCUT2D eigenvalue weighted by molar-refractivity contribution is 5.87. The van der Waals surface area contributed by atoms with Crippen LogP contribution in [0.5, 0.6) is 0 Å². The first kappa shape index (κ1) is 17.3. The zero-order valence-electron chi connectivity index (χ0n) is 13.2. The molecule has 3 amide bonds. The van der Waals surface area contributed by atoms with Crippen molar-refractivity contribution in [3.63, 3.8) is 0 Å². The Labute approximate surface area is 125 Å². The van der Waals surface area contributed by atoms with E-state index in [-0.39, 0.29) is 24.9 Å². The summed E-state index contributed by atoms with van der Waals surface area (Å²) in [7, 11) is 1.55. The van der Waals surface area contributed by atoms with Gasteiger partial charge in [-0.05, 0) is 33.6 Å². The Morgan fingerprint density at radius 3 is 2.43 bits per heavy atom. The third-order valence-corrected chi connectivity index (χ3v) is 3.64. The van der Waals surface area contributed by atoms with Crippen molar-refractivity contribution >= 4 is 17.9 Å². The van der Waals surface area contributed by atoms with Gasteiger partial charge in [0.2, 0.25) is 5.91 Å². The minimum atomic E-state index is -0.943. The molecule has 0 spiro atoms. The molecule has 1 aliphatic heterocycles. The number of hydrogen-bond acceptors (Lipinski definition) is 3. The van der Waals surface area contributed by atoms with E-state index in [0.29, 0.717) is 13.0 Å². The van der Waals surface area contributed by atoms with Gasteiger partial charge in [0.05, 0.1) is 6.42 Å². The molecule has 0 bridgehead atoms. The SMILES string of the molecule is CNC(=O)C1CCCN1C(=O)N(CCC(=O)O)C(C)(C)C. The van der Waals surface area contributed by atoms with Crippen LogP contribution in [0.15, 0.2) is 0 Å². The molecule has 7 heteroatoms. The lowest BCUT2D eigenvalue weighted by molar-refractivity contribution is -0.137. The fraction of sp³-hybridized carbons (Fsp3) is 0.786. The van der Waals surface area contributed by atoms with Crippen molar-refractivity contribution in [1.29, 1.82) is 0 Å². The Balaban J connectivity index is 2.89. The molecule has 1 atom stereocenters. The summed E-state index contributed by atoms with van der Waals surface area (Å²) in [6.45, 7) is 6.23. The number of carbonyl (C=O) groups excluding carboxylic acids is 2. The smallest absolute Gasteiger partial charge is 0.321 e. The van der Waals surface area contributed by atoms with E-state index in [9.17, 15) is 14.4 Å². The van der Waals surface area contributed by atoms with Crippen LogP contribution in [-0.4, -0.2) is 64.5 Å². The second kappa shape index (κ2) is 6.78. The molecular weight excluding hydrogens is 274 g/mol. The zero-order valence-corrected chi connectivity index (χ0v) is 13.2. The largest absolute Gasteiger partial charge is 0.481 e. The van der Waals surface area contributed by atoms with Crippen LogP contribution in [0.1, 0.15) is 40.0 Å². The van der Waals surface area contributed by atoms with Crippen molar-refractivity contribution in [2.45, 2.75) is 51.6 Å². The predicted octanol–water partition coefficient (Wildman–Crippen LogP) is 0.892. The molecule has 0 aliphatic carbocycles. The van der Waals surface area contributed by atoms with Gasteiger partial charge in [-0.15, -0.1) is 0 Å². The Kier molecular flexibility index (Phi) is 5.57. The molecule has 0 saturated carbocycles. The van der Waals surface area contributed by atoms with Gasteiger partial charge < -0.3 is 20.2 Å². The number of hydrogen-bond donors (Lipinski definition) is 2. The first-order valence-corrected chi connectivity index (χ1v) is 7.20. The maximum Gasteiger partial charge on any atom is 0.321 e. The second-order valence-corrected chi connectivity index (χ2v) is 6.21. The van der Waals surface area contributed by atoms with Crippen molar-refractivity contribution in [2.24, 2.45) is 0 Å². The van der Waals surface area contributed by atoms with Gasteiger partial charge in [0.1, 0.15) is 6.04 Å². The van der Waals surface area contributed by atoms with Gasteiger partial charge in [0.15, 0.2) is 0 Å². The third-order valence-electron chi connectivity index (χ3n) is 3.64. The predicted molar refractivity (Wildman–Crippen MR) is 77.9 cm³/mol. The van der Waals surface area contributed by atoms with E-state index in [0.717, 1.165) is 6.42 Å². The quantitative estimate of drug-likeness (QED) is 0.806. The molecule has 1 fully saturated rings. The molecule has 1 aliphatic rings. The van der Waals surface area contributed by atoms with Crippen LogP contribution in [0, 0.1) is 0 Å². The number of carboxylic acids is 1. The number of carbonyl (C=O) groups is 3. The fourth-order valence-electron chi connectivity index (χ4n) is 2.52. The number of likely N-dealkylation sites (tertiary alicyclic amines) is 1. The Bertz CT molecular complexity index is 417. The lowest BCUT2D eigenvalue weighted by Gasteiger charge is -2.39. The number of carboxylic acid groups (broad SMARTS) is 1. The van der Waals surface area contributed by atoms with Crippen molar-refractivity contribution in [3.8, 4) is 0 Å². The minimum Gasteiger partial charge on any atom is -0.481 e. The minimum absolute atomic E-state index is 0.110. The number of urea groups is 1. The molecule has 21 heavy (non-hydrogen) atoms. The van der Waals surface area contributed by atoms with Crippen LogP contribution in [0.2, 0.25) is 0 Å². The summed E-state index contributed by atoms with van der Waals surface area (Å²) in [6, 6.07) is -0.730. The Morgan fingerprint density at radius 1 is 1.33 bits per heavy atom. The summed E-state index contributed by atoms with van der Waals surface area (Å²) in [5.41, 5.74) is -0.498. The molecule has 0 radical (unpaired) electrons. The average molecular weight is 299 g/mol. The number of nitrogens with one attached hydrogen (secondary N) is 1. The van der Waals surface area contributed by atoms with E-state index in [1.165, 1.54) is 4.90 Å². The van der Waals surface area contributed by atoms with E-state index in [4.69, 9.17) is 5.11 Å². The molecule has 1 heterocycles. The van der Waals surface area contributed by atoms with Crippen molar-refractivity contribution < 1.29 is 19.5 Å². The Morgan fingerprint density at radius 2 is 1.95 bits per heavy atom. The van der Waals surface area contributed by atoms with E-state index < -0.39 is 17.6 Å². The van der Waals surface area contributed by atoms with E-state index in [2.05, 4.69) is 5.32 Å². The van der Waals surface area contributed by atoms with E-state index in [1.54, 1.807) is 11.9 Å². The van der Waals surface area contributed by atoms with Crippen LogP contribution in [-0.2, 0) is 9.59 Å². The van der Waals surface area contributed by atoms with Crippen molar-refractivity contribution in [3.05, 3.63) is 0 Å². The second-order valence-electron chi connectivity index (χ2n) is 6.21. The average Bonchev–Trinajstić information content (AvgIpc) is 2.84. The lowest BCUT2D eigenvalue weighted by atomic mass is 10.1. The van der Waals surface area contributed by atoms with Crippen LogP contribution >= 0.6 is 0 Å². The zero-order chi connectivity index (χ0) is 16.2. The standard InChI is InChI=1S/C14H25N3O4/c1-14(2,3)17(9-7-11(18)19)13(21)16-8-5-6-10(16)12(20)15-4/h10H,5-9H2,1-4H3,(H,15,20)(H,18,19). The molecule has 0 aromatic heterocycles. The third kappa shape index (κ3) is 4.34. The molecule has 1 rings (SSSR count). The topological polar surface area (TPSA) is 90.0 Å². The van der Waals surface area contributed by atoms with Crippen LogP contribution in [0.25, 0.3) is 0 Å². The van der Waals surface area contributed by atoms with Gasteiger partial charge in [0.25, 0.3) is 0 Å². The number of rotatable bonds is 4. The number of amides is 3. The summed E-state index contributed by atoms with van der Waals surface area (Å²) in [5.74, 6) is -1.12. The van der Waals surface area contributed by atoms with Crippen LogP contribution in [0.3, 0.4) is 0 Å². The van der Waals surface area contributed by atoms with Gasteiger partial charge in [-0.1, -0.05) is 0 Å². The van der Waals surface area contributed by atoms with Crippen LogP contribution < -0.4 is 5.32 Å². The molecule has 7 nitrogen and oxygen atoms in total. The summed E-state index contributed by atoms with van der Waals surface area (Å²) in [4.78, 5) is 38.4. The highest BCUT2D eigenvalue weighted by atomic mass is 16.4. The van der Waals surface area contributed by atoms with Crippen molar-refractivity contribution in [1.82, 2.24) is 15.1 Å². The molecule has 1 saturated heterocycles. The molecular formula is C14H25N3O4. The van der Waals surface area contributed by atoms with E-state index >= 15 is 0 Å². The van der Waals surface area contributed by atoms with Gasteiger partial charge in [0, 0.05) is 25.7 Å². The summed E-state index contributed by atoms with van der Waals surface area (Å²) in [6.07, 6.45) is 1.31. The molecule has 0 aromatic carbocycles. The summed E-state index contributed by atoms with van der Waals surface area (Å²) >= 11 is 0. The number of aliphatic carboxylic acids is 1.